The van der Waals surface area contributed by atoms with Crippen LogP contribution in [0, 0.1) is 12.8 Å². The van der Waals surface area contributed by atoms with Crippen molar-refractivity contribution in [2.75, 3.05) is 33.2 Å². The maximum absolute atomic E-state index is 12.0. The molecule has 1 unspecified atom stereocenters. The third-order valence-corrected chi connectivity index (χ3v) is 4.12. The van der Waals surface area contributed by atoms with Crippen molar-refractivity contribution in [2.24, 2.45) is 11.7 Å². The summed E-state index contributed by atoms with van der Waals surface area (Å²) in [5.41, 5.74) is 5.38. The number of nitrogens with two attached hydrogens (primary N) is 1. The molecule has 0 aromatic carbocycles. The molecule has 24 heavy (non-hydrogen) atoms. The van der Waals surface area contributed by atoms with E-state index in [0.717, 1.165) is 38.9 Å². The van der Waals surface area contributed by atoms with Crippen LogP contribution in [0.15, 0.2) is 4.52 Å². The van der Waals surface area contributed by atoms with Crippen molar-refractivity contribution in [3.8, 4) is 0 Å². The summed E-state index contributed by atoms with van der Waals surface area (Å²) in [5.74, 6) is 0.703. The van der Waals surface area contributed by atoms with Gasteiger partial charge in [0, 0.05) is 20.1 Å². The minimum atomic E-state index is -0.217. The third kappa shape index (κ3) is 5.48. The molecule has 1 aromatic heterocycles. The molecule has 0 aliphatic carbocycles. The molecule has 0 saturated carbocycles. The van der Waals surface area contributed by atoms with E-state index in [0.29, 0.717) is 18.3 Å². The number of nitrogens with one attached hydrogen (secondary N) is 1. The number of urea groups is 1. The van der Waals surface area contributed by atoms with Gasteiger partial charge in [-0.05, 0) is 39.3 Å². The number of aromatic nitrogens is 2. The average molecular weight is 338 g/mol. The van der Waals surface area contributed by atoms with Crippen molar-refractivity contribution in [2.45, 2.75) is 32.7 Å². The topological polar surface area (TPSA) is 118 Å². The molecule has 0 spiro atoms. The molecule has 1 atom stereocenters. The fourth-order valence-electron chi connectivity index (χ4n) is 2.80. The number of hydrogen-bond donors (Lipinski definition) is 2. The number of rotatable bonds is 7. The van der Waals surface area contributed by atoms with Crippen molar-refractivity contribution >= 4 is 11.9 Å². The second kappa shape index (κ2) is 8.62. The first-order valence-electron chi connectivity index (χ1n) is 8.25. The van der Waals surface area contributed by atoms with Crippen molar-refractivity contribution < 1.29 is 14.1 Å². The molecule has 3 amide bonds. The van der Waals surface area contributed by atoms with Crippen LogP contribution in [0.4, 0.5) is 4.79 Å². The molecule has 1 aliphatic heterocycles. The highest BCUT2D eigenvalue weighted by atomic mass is 16.5. The lowest BCUT2D eigenvalue weighted by Gasteiger charge is -2.31. The zero-order valence-corrected chi connectivity index (χ0v) is 14.3. The van der Waals surface area contributed by atoms with Crippen LogP contribution >= 0.6 is 0 Å². The Morgan fingerprint density at radius 1 is 1.50 bits per heavy atom. The SMILES string of the molecule is Cc1noc(CN(C)C(=O)NCCCN2CCCC(C(N)=O)C2)n1. The number of carbonyl (C=O) groups is 2. The molecule has 0 bridgehead atoms. The summed E-state index contributed by atoms with van der Waals surface area (Å²) in [5, 5.41) is 6.55. The quantitative estimate of drug-likeness (QED) is 0.681. The second-order valence-electron chi connectivity index (χ2n) is 6.22. The van der Waals surface area contributed by atoms with E-state index in [1.807, 2.05) is 0 Å². The molecule has 1 aromatic rings. The van der Waals surface area contributed by atoms with E-state index in [2.05, 4.69) is 20.4 Å². The van der Waals surface area contributed by atoms with Crippen molar-refractivity contribution in [3.05, 3.63) is 11.7 Å². The van der Waals surface area contributed by atoms with E-state index in [-0.39, 0.29) is 24.4 Å². The molecule has 134 valence electrons. The van der Waals surface area contributed by atoms with Gasteiger partial charge < -0.3 is 25.4 Å². The molecular formula is C15H26N6O3. The highest BCUT2D eigenvalue weighted by Crippen LogP contribution is 2.15. The van der Waals surface area contributed by atoms with Crippen LogP contribution in [0.1, 0.15) is 31.0 Å². The van der Waals surface area contributed by atoms with E-state index >= 15 is 0 Å². The van der Waals surface area contributed by atoms with Gasteiger partial charge in [-0.25, -0.2) is 4.79 Å². The molecule has 0 radical (unpaired) electrons. The maximum Gasteiger partial charge on any atom is 0.317 e. The zero-order chi connectivity index (χ0) is 17.5. The van der Waals surface area contributed by atoms with Gasteiger partial charge in [-0.3, -0.25) is 4.79 Å². The number of likely N-dealkylation sites (tertiary alicyclic amines) is 1. The first kappa shape index (κ1) is 18.2. The molecule has 2 rings (SSSR count). The highest BCUT2D eigenvalue weighted by molar-refractivity contribution is 5.77. The van der Waals surface area contributed by atoms with Gasteiger partial charge in [0.15, 0.2) is 5.82 Å². The summed E-state index contributed by atoms with van der Waals surface area (Å²) in [6.07, 6.45) is 2.69. The van der Waals surface area contributed by atoms with E-state index < -0.39 is 0 Å². The Morgan fingerprint density at radius 3 is 2.96 bits per heavy atom. The Balaban J connectivity index is 1.62. The maximum atomic E-state index is 12.0. The number of amides is 3. The lowest BCUT2D eigenvalue weighted by atomic mass is 9.97. The Bertz CT molecular complexity index is 561. The normalized spacial score (nSPS) is 18.3. The molecule has 9 nitrogen and oxygen atoms in total. The highest BCUT2D eigenvalue weighted by Gasteiger charge is 2.23. The van der Waals surface area contributed by atoms with Crippen molar-refractivity contribution in [1.29, 1.82) is 0 Å². The van der Waals surface area contributed by atoms with Crippen LogP contribution in [0.5, 0.6) is 0 Å². The summed E-state index contributed by atoms with van der Waals surface area (Å²) in [6, 6.07) is -0.181. The Kier molecular flexibility index (Phi) is 6.53. The van der Waals surface area contributed by atoms with Gasteiger partial charge in [-0.15, -0.1) is 0 Å². The number of carbonyl (C=O) groups excluding carboxylic acids is 2. The van der Waals surface area contributed by atoms with Gasteiger partial charge in [0.2, 0.25) is 11.8 Å². The molecule has 9 heteroatoms. The van der Waals surface area contributed by atoms with Crippen LogP contribution in [0.3, 0.4) is 0 Å². The fraction of sp³-hybridized carbons (Fsp3) is 0.733. The van der Waals surface area contributed by atoms with E-state index in [9.17, 15) is 9.59 Å². The third-order valence-electron chi connectivity index (χ3n) is 4.12. The number of hydrogen-bond acceptors (Lipinski definition) is 6. The second-order valence-corrected chi connectivity index (χ2v) is 6.22. The Morgan fingerprint density at radius 2 is 2.29 bits per heavy atom. The van der Waals surface area contributed by atoms with Crippen LogP contribution < -0.4 is 11.1 Å². The Hall–Kier alpha value is -2.16. The van der Waals surface area contributed by atoms with Crippen LogP contribution in [0.2, 0.25) is 0 Å². The number of primary amides is 1. The molecule has 3 N–H and O–H groups in total. The fourth-order valence-corrected chi connectivity index (χ4v) is 2.80. The number of piperidine rings is 1. The van der Waals surface area contributed by atoms with Gasteiger partial charge in [0.1, 0.15) is 6.54 Å². The minimum Gasteiger partial charge on any atom is -0.369 e. The summed E-state index contributed by atoms with van der Waals surface area (Å²) < 4.78 is 4.99. The van der Waals surface area contributed by atoms with Gasteiger partial charge in [-0.2, -0.15) is 4.98 Å². The van der Waals surface area contributed by atoms with Gasteiger partial charge in [-0.1, -0.05) is 5.16 Å². The van der Waals surface area contributed by atoms with Crippen LogP contribution in [-0.4, -0.2) is 65.1 Å². The largest absolute Gasteiger partial charge is 0.369 e. The van der Waals surface area contributed by atoms with E-state index in [4.69, 9.17) is 10.3 Å². The lowest BCUT2D eigenvalue weighted by Crippen LogP contribution is -2.42. The lowest BCUT2D eigenvalue weighted by molar-refractivity contribution is -0.123. The van der Waals surface area contributed by atoms with Gasteiger partial charge >= 0.3 is 6.03 Å². The smallest absolute Gasteiger partial charge is 0.317 e. The van der Waals surface area contributed by atoms with Crippen molar-refractivity contribution in [3.63, 3.8) is 0 Å². The van der Waals surface area contributed by atoms with Crippen molar-refractivity contribution in [1.82, 2.24) is 25.3 Å². The first-order chi connectivity index (χ1) is 11.5. The number of aryl methyl sites for hydroxylation is 1. The summed E-state index contributed by atoms with van der Waals surface area (Å²) in [4.78, 5) is 31.1. The molecule has 1 fully saturated rings. The number of nitrogens with zero attached hydrogens (tertiary/aromatic N) is 4. The summed E-state index contributed by atoms with van der Waals surface area (Å²) in [6.45, 7) is 5.13. The molecular weight excluding hydrogens is 312 g/mol. The summed E-state index contributed by atoms with van der Waals surface area (Å²) >= 11 is 0. The van der Waals surface area contributed by atoms with E-state index in [1.165, 1.54) is 4.90 Å². The first-order valence-corrected chi connectivity index (χ1v) is 8.25. The summed E-state index contributed by atoms with van der Waals surface area (Å²) in [7, 11) is 1.68. The van der Waals surface area contributed by atoms with Crippen LogP contribution in [0.25, 0.3) is 0 Å². The predicted octanol–water partition coefficient (Wildman–Crippen LogP) is 0.107. The molecule has 1 aliphatic rings. The molecule has 1 saturated heterocycles. The predicted molar refractivity (Wildman–Crippen MR) is 86.9 cm³/mol. The monoisotopic (exact) mass is 338 g/mol. The molecule has 2 heterocycles. The zero-order valence-electron chi connectivity index (χ0n) is 14.3. The minimum absolute atomic E-state index is 0.0441. The van der Waals surface area contributed by atoms with E-state index in [1.54, 1.807) is 14.0 Å². The average Bonchev–Trinajstić information content (AvgIpc) is 2.96. The van der Waals surface area contributed by atoms with Gasteiger partial charge in [0.25, 0.3) is 0 Å². The Labute approximate surface area is 141 Å². The van der Waals surface area contributed by atoms with Crippen LogP contribution in [-0.2, 0) is 11.3 Å². The van der Waals surface area contributed by atoms with Gasteiger partial charge in [0.05, 0.1) is 5.92 Å². The standard InChI is InChI=1S/C15H26N6O3/c1-11-18-13(24-19-11)10-20(2)15(23)17-6-4-8-21-7-3-5-12(9-21)14(16)22/h12H,3-10H2,1-2H3,(H2,16,22)(H,17,23).